The van der Waals surface area contributed by atoms with Gasteiger partial charge in [-0.15, -0.1) is 0 Å². The quantitative estimate of drug-likeness (QED) is 0.669. The Hall–Kier alpha value is -2.11. The van der Waals surface area contributed by atoms with Crippen LogP contribution >= 0.6 is 11.6 Å². The number of hydrazine groups is 1. The van der Waals surface area contributed by atoms with Crippen molar-refractivity contribution in [3.8, 4) is 0 Å². The Labute approximate surface area is 122 Å². The molecule has 2 aromatic rings. The Kier molecular flexibility index (Phi) is 4.55. The first-order chi connectivity index (χ1) is 9.60. The number of amides is 1. The molecule has 6 heteroatoms. The molecule has 0 atom stereocenters. The van der Waals surface area contributed by atoms with Crippen LogP contribution in [-0.4, -0.2) is 22.8 Å². The number of benzene rings is 1. The number of rotatable bonds is 4. The predicted octanol–water partition coefficient (Wildman–Crippen LogP) is 2.29. The van der Waals surface area contributed by atoms with Crippen molar-refractivity contribution in [2.24, 2.45) is 5.84 Å². The molecular formula is C14H15ClN4O. The van der Waals surface area contributed by atoms with Gasteiger partial charge >= 0.3 is 0 Å². The van der Waals surface area contributed by atoms with E-state index in [0.717, 1.165) is 5.56 Å². The van der Waals surface area contributed by atoms with Crippen LogP contribution in [0.5, 0.6) is 0 Å². The standard InChI is InChI=1S/C14H15ClN4O/c1-19(9-10-4-2-5-11(15)8-10)14(20)12-6-3-7-13(17-12)18-16/h2-8H,9,16H2,1H3,(H,17,18). The summed E-state index contributed by atoms with van der Waals surface area (Å²) in [5, 5.41) is 0.649. The smallest absolute Gasteiger partial charge is 0.272 e. The minimum atomic E-state index is -0.179. The summed E-state index contributed by atoms with van der Waals surface area (Å²) >= 11 is 5.93. The minimum absolute atomic E-state index is 0.179. The van der Waals surface area contributed by atoms with E-state index < -0.39 is 0 Å². The predicted molar refractivity (Wildman–Crippen MR) is 79.3 cm³/mol. The van der Waals surface area contributed by atoms with E-state index in [0.29, 0.717) is 23.1 Å². The van der Waals surface area contributed by atoms with E-state index in [-0.39, 0.29) is 5.91 Å². The molecule has 0 aliphatic rings. The van der Waals surface area contributed by atoms with Crippen LogP contribution in [0.3, 0.4) is 0 Å². The lowest BCUT2D eigenvalue weighted by molar-refractivity contribution is 0.0779. The maximum absolute atomic E-state index is 12.3. The molecule has 0 radical (unpaired) electrons. The maximum atomic E-state index is 12.3. The first-order valence-electron chi connectivity index (χ1n) is 6.03. The number of anilines is 1. The molecule has 104 valence electrons. The summed E-state index contributed by atoms with van der Waals surface area (Å²) in [6.07, 6.45) is 0. The van der Waals surface area contributed by atoms with Crippen molar-refractivity contribution in [1.82, 2.24) is 9.88 Å². The van der Waals surface area contributed by atoms with Crippen LogP contribution < -0.4 is 11.3 Å². The molecule has 1 amide bonds. The topological polar surface area (TPSA) is 71.2 Å². The van der Waals surface area contributed by atoms with Crippen LogP contribution in [0, 0.1) is 0 Å². The lowest BCUT2D eigenvalue weighted by Crippen LogP contribution is -2.27. The van der Waals surface area contributed by atoms with Crippen LogP contribution in [0.1, 0.15) is 16.1 Å². The first kappa shape index (κ1) is 14.3. The van der Waals surface area contributed by atoms with Crippen LogP contribution in [0.4, 0.5) is 5.82 Å². The Bertz CT molecular complexity index is 618. The number of hydrogen-bond acceptors (Lipinski definition) is 4. The summed E-state index contributed by atoms with van der Waals surface area (Å²) in [4.78, 5) is 18.0. The fourth-order valence-electron chi connectivity index (χ4n) is 1.81. The van der Waals surface area contributed by atoms with Gasteiger partial charge in [0.05, 0.1) is 0 Å². The van der Waals surface area contributed by atoms with E-state index in [1.54, 1.807) is 36.2 Å². The monoisotopic (exact) mass is 290 g/mol. The molecule has 0 saturated heterocycles. The number of hydrogen-bond donors (Lipinski definition) is 2. The van der Waals surface area contributed by atoms with Crippen molar-refractivity contribution in [2.75, 3.05) is 12.5 Å². The van der Waals surface area contributed by atoms with Crippen LogP contribution in [0.15, 0.2) is 42.5 Å². The fourth-order valence-corrected chi connectivity index (χ4v) is 2.02. The molecule has 0 saturated carbocycles. The highest BCUT2D eigenvalue weighted by Crippen LogP contribution is 2.13. The maximum Gasteiger partial charge on any atom is 0.272 e. The number of halogens is 1. The van der Waals surface area contributed by atoms with Gasteiger partial charge in [0.15, 0.2) is 0 Å². The number of nitrogens with zero attached hydrogens (tertiary/aromatic N) is 2. The lowest BCUT2D eigenvalue weighted by atomic mass is 10.2. The molecule has 3 N–H and O–H groups in total. The molecule has 5 nitrogen and oxygen atoms in total. The van der Waals surface area contributed by atoms with E-state index in [1.807, 2.05) is 18.2 Å². The van der Waals surface area contributed by atoms with Gasteiger partial charge in [-0.25, -0.2) is 10.8 Å². The van der Waals surface area contributed by atoms with Crippen molar-refractivity contribution in [1.29, 1.82) is 0 Å². The summed E-state index contributed by atoms with van der Waals surface area (Å²) < 4.78 is 0. The van der Waals surface area contributed by atoms with Gasteiger partial charge in [-0.2, -0.15) is 0 Å². The summed E-state index contributed by atoms with van der Waals surface area (Å²) in [5.74, 6) is 5.56. The second-order valence-electron chi connectivity index (χ2n) is 4.34. The number of nitrogens with two attached hydrogens (primary N) is 1. The molecular weight excluding hydrogens is 276 g/mol. The molecule has 1 aromatic carbocycles. The number of nitrogens with one attached hydrogen (secondary N) is 1. The molecule has 0 spiro atoms. The van der Waals surface area contributed by atoms with E-state index in [9.17, 15) is 4.79 Å². The molecule has 2 rings (SSSR count). The molecule has 0 aliphatic heterocycles. The van der Waals surface area contributed by atoms with Gasteiger partial charge in [0.25, 0.3) is 5.91 Å². The molecule has 0 fully saturated rings. The number of carbonyl (C=O) groups excluding carboxylic acids is 1. The van der Waals surface area contributed by atoms with Gasteiger partial charge in [-0.3, -0.25) is 4.79 Å². The number of pyridine rings is 1. The SMILES string of the molecule is CN(Cc1cccc(Cl)c1)C(=O)c1cccc(NN)n1. The third-order valence-electron chi connectivity index (χ3n) is 2.77. The zero-order valence-electron chi connectivity index (χ0n) is 11.0. The van der Waals surface area contributed by atoms with Crippen molar-refractivity contribution in [3.63, 3.8) is 0 Å². The number of nitrogen functional groups attached to an aromatic ring is 1. The second kappa shape index (κ2) is 6.36. The molecule has 1 heterocycles. The molecule has 0 aliphatic carbocycles. The summed E-state index contributed by atoms with van der Waals surface area (Å²) in [7, 11) is 1.72. The average Bonchev–Trinajstić information content (AvgIpc) is 2.46. The van der Waals surface area contributed by atoms with E-state index >= 15 is 0 Å². The van der Waals surface area contributed by atoms with Gasteiger partial charge in [-0.05, 0) is 29.8 Å². The average molecular weight is 291 g/mol. The Morgan fingerprint density at radius 3 is 2.80 bits per heavy atom. The number of aromatic nitrogens is 1. The van der Waals surface area contributed by atoms with E-state index in [2.05, 4.69) is 10.4 Å². The number of carbonyl (C=O) groups is 1. The summed E-state index contributed by atoms with van der Waals surface area (Å²) in [5.41, 5.74) is 3.72. The molecule has 0 bridgehead atoms. The highest BCUT2D eigenvalue weighted by molar-refractivity contribution is 6.30. The first-order valence-corrected chi connectivity index (χ1v) is 6.41. The third-order valence-corrected chi connectivity index (χ3v) is 3.01. The van der Waals surface area contributed by atoms with Gasteiger partial charge < -0.3 is 10.3 Å². The normalized spacial score (nSPS) is 10.2. The van der Waals surface area contributed by atoms with Crippen LogP contribution in [0.2, 0.25) is 5.02 Å². The molecule has 0 unspecified atom stereocenters. The van der Waals surface area contributed by atoms with Crippen molar-refractivity contribution in [2.45, 2.75) is 6.54 Å². The van der Waals surface area contributed by atoms with Gasteiger partial charge in [0.2, 0.25) is 0 Å². The largest absolute Gasteiger partial charge is 0.336 e. The van der Waals surface area contributed by atoms with Crippen molar-refractivity contribution >= 4 is 23.3 Å². The third kappa shape index (κ3) is 3.46. The Morgan fingerprint density at radius 1 is 1.35 bits per heavy atom. The van der Waals surface area contributed by atoms with Crippen LogP contribution in [-0.2, 0) is 6.54 Å². The van der Waals surface area contributed by atoms with E-state index in [1.165, 1.54) is 0 Å². The van der Waals surface area contributed by atoms with Gasteiger partial charge in [-0.1, -0.05) is 29.8 Å². The Morgan fingerprint density at radius 2 is 2.10 bits per heavy atom. The highest BCUT2D eigenvalue weighted by atomic mass is 35.5. The van der Waals surface area contributed by atoms with Gasteiger partial charge in [0, 0.05) is 18.6 Å². The fraction of sp³-hybridized carbons (Fsp3) is 0.143. The molecule has 20 heavy (non-hydrogen) atoms. The van der Waals surface area contributed by atoms with Crippen molar-refractivity contribution in [3.05, 3.63) is 58.7 Å². The second-order valence-corrected chi connectivity index (χ2v) is 4.78. The van der Waals surface area contributed by atoms with E-state index in [4.69, 9.17) is 17.4 Å². The summed E-state index contributed by atoms with van der Waals surface area (Å²) in [6.45, 7) is 0.460. The minimum Gasteiger partial charge on any atom is -0.336 e. The summed E-state index contributed by atoms with van der Waals surface area (Å²) in [6, 6.07) is 12.5. The highest BCUT2D eigenvalue weighted by Gasteiger charge is 2.14. The van der Waals surface area contributed by atoms with Gasteiger partial charge in [0.1, 0.15) is 11.5 Å². The zero-order valence-corrected chi connectivity index (χ0v) is 11.8. The lowest BCUT2D eigenvalue weighted by Gasteiger charge is -2.17. The zero-order chi connectivity index (χ0) is 14.5. The van der Waals surface area contributed by atoms with Crippen LogP contribution in [0.25, 0.3) is 0 Å². The Balaban J connectivity index is 2.12. The van der Waals surface area contributed by atoms with Crippen molar-refractivity contribution < 1.29 is 4.79 Å². The molecule has 1 aromatic heterocycles.